The number of hydrogen-bond donors (Lipinski definition) is 0. The van der Waals surface area contributed by atoms with E-state index in [0.717, 1.165) is 0 Å². The molecule has 1 aliphatic carbocycles. The number of carbonyl (C=O) groups excluding carboxylic acids is 1. The molecule has 0 spiro atoms. The van der Waals surface area contributed by atoms with Crippen molar-refractivity contribution >= 4 is 5.78 Å². The Morgan fingerprint density at radius 3 is 2.54 bits per heavy atom. The molecule has 1 aromatic rings. The van der Waals surface area contributed by atoms with E-state index in [-0.39, 0.29) is 0 Å². The Labute approximate surface area is 78.8 Å². The highest BCUT2D eigenvalue weighted by atomic mass is 16.1. The van der Waals surface area contributed by atoms with Gasteiger partial charge in [-0.1, -0.05) is 32.0 Å². The molecule has 0 radical (unpaired) electrons. The van der Waals surface area contributed by atoms with Crippen LogP contribution in [0.15, 0.2) is 18.2 Å². The van der Waals surface area contributed by atoms with Crippen LogP contribution in [0.25, 0.3) is 0 Å². The van der Waals surface area contributed by atoms with E-state index < -0.39 is 0 Å². The van der Waals surface area contributed by atoms with Crippen LogP contribution in [-0.4, -0.2) is 5.78 Å². The topological polar surface area (TPSA) is 17.1 Å². The lowest BCUT2D eigenvalue weighted by Gasteiger charge is -2.06. The van der Waals surface area contributed by atoms with Gasteiger partial charge in [0.2, 0.25) is 0 Å². The monoisotopic (exact) mass is 174 g/mol. The molecule has 0 fully saturated rings. The molecular weight excluding hydrogens is 160 g/mol. The van der Waals surface area contributed by atoms with Gasteiger partial charge >= 0.3 is 0 Å². The molecule has 1 nitrogen and oxygen atoms in total. The molecule has 0 atom stereocenters. The van der Waals surface area contributed by atoms with E-state index in [9.17, 15) is 4.79 Å². The molecule has 0 amide bonds. The predicted octanol–water partition coefficient (Wildman–Crippen LogP) is 2.48. The van der Waals surface area contributed by atoms with Crippen molar-refractivity contribution < 1.29 is 4.79 Å². The molecule has 68 valence electrons. The van der Waals surface area contributed by atoms with Crippen molar-refractivity contribution in [1.29, 1.82) is 0 Å². The SMILES string of the molecule is CC(C)c1ccc2c(c1)CC(=O)C2. The van der Waals surface area contributed by atoms with E-state index in [0.29, 0.717) is 24.5 Å². The number of hydrogen-bond acceptors (Lipinski definition) is 1. The standard InChI is InChI=1S/C12H14O/c1-8(2)9-3-4-10-6-12(13)7-11(10)5-9/h3-5,8H,6-7H2,1-2H3. The van der Waals surface area contributed by atoms with Crippen molar-refractivity contribution in [1.82, 2.24) is 0 Å². The molecule has 0 unspecified atom stereocenters. The predicted molar refractivity (Wildman–Crippen MR) is 52.9 cm³/mol. The summed E-state index contributed by atoms with van der Waals surface area (Å²) in [4.78, 5) is 11.2. The summed E-state index contributed by atoms with van der Waals surface area (Å²) in [6.45, 7) is 4.36. The summed E-state index contributed by atoms with van der Waals surface area (Å²) >= 11 is 0. The molecule has 0 aromatic heterocycles. The van der Waals surface area contributed by atoms with Gasteiger partial charge in [-0.25, -0.2) is 0 Å². The highest BCUT2D eigenvalue weighted by molar-refractivity contribution is 5.87. The zero-order valence-corrected chi connectivity index (χ0v) is 8.13. The van der Waals surface area contributed by atoms with Gasteiger partial charge in [0, 0.05) is 12.8 Å². The summed E-state index contributed by atoms with van der Waals surface area (Å²) in [7, 11) is 0. The maximum atomic E-state index is 11.2. The van der Waals surface area contributed by atoms with Gasteiger partial charge in [-0.3, -0.25) is 4.79 Å². The van der Waals surface area contributed by atoms with Crippen molar-refractivity contribution in [2.75, 3.05) is 0 Å². The molecular formula is C12H14O. The largest absolute Gasteiger partial charge is 0.299 e. The van der Waals surface area contributed by atoms with Crippen molar-refractivity contribution in [2.45, 2.75) is 32.6 Å². The molecule has 0 saturated carbocycles. The van der Waals surface area contributed by atoms with Crippen LogP contribution in [-0.2, 0) is 17.6 Å². The molecule has 13 heavy (non-hydrogen) atoms. The van der Waals surface area contributed by atoms with Crippen molar-refractivity contribution in [3.8, 4) is 0 Å². The quantitative estimate of drug-likeness (QED) is 0.639. The van der Waals surface area contributed by atoms with Gasteiger partial charge in [0.15, 0.2) is 0 Å². The minimum absolute atomic E-state index is 0.357. The average Bonchev–Trinajstić information content (AvgIpc) is 2.42. The summed E-state index contributed by atoms with van der Waals surface area (Å²) in [5.74, 6) is 0.914. The number of carbonyl (C=O) groups is 1. The normalized spacial score (nSPS) is 15.2. The zero-order chi connectivity index (χ0) is 9.42. The average molecular weight is 174 g/mol. The van der Waals surface area contributed by atoms with E-state index in [1.54, 1.807) is 0 Å². The molecule has 1 aromatic carbocycles. The minimum Gasteiger partial charge on any atom is -0.299 e. The number of rotatable bonds is 1. The zero-order valence-electron chi connectivity index (χ0n) is 8.13. The van der Waals surface area contributed by atoms with Crippen LogP contribution in [0.3, 0.4) is 0 Å². The Kier molecular flexibility index (Phi) is 1.95. The third-order valence-corrected chi connectivity index (χ3v) is 2.67. The highest BCUT2D eigenvalue weighted by Gasteiger charge is 2.18. The van der Waals surface area contributed by atoms with E-state index >= 15 is 0 Å². The van der Waals surface area contributed by atoms with Gasteiger partial charge in [0.1, 0.15) is 5.78 Å². The van der Waals surface area contributed by atoms with Gasteiger partial charge in [-0.05, 0) is 22.6 Å². The van der Waals surface area contributed by atoms with E-state index in [1.807, 2.05) is 0 Å². The van der Waals surface area contributed by atoms with Gasteiger partial charge < -0.3 is 0 Å². The number of Topliss-reactive ketones (excluding diaryl/α,β-unsaturated/α-hetero) is 1. The first kappa shape index (κ1) is 8.49. The van der Waals surface area contributed by atoms with Gasteiger partial charge in [0.25, 0.3) is 0 Å². The molecule has 1 heteroatoms. The van der Waals surface area contributed by atoms with Crippen LogP contribution < -0.4 is 0 Å². The van der Waals surface area contributed by atoms with Crippen LogP contribution >= 0.6 is 0 Å². The van der Waals surface area contributed by atoms with Crippen LogP contribution in [0, 0.1) is 0 Å². The molecule has 0 bridgehead atoms. The van der Waals surface area contributed by atoms with E-state index in [1.165, 1.54) is 16.7 Å². The van der Waals surface area contributed by atoms with Crippen LogP contribution in [0.1, 0.15) is 36.5 Å². The second kappa shape index (κ2) is 2.99. The fourth-order valence-electron chi connectivity index (χ4n) is 1.83. The highest BCUT2D eigenvalue weighted by Crippen LogP contribution is 2.24. The summed E-state index contributed by atoms with van der Waals surface area (Å²) in [6, 6.07) is 6.43. The molecule has 0 heterocycles. The van der Waals surface area contributed by atoms with Crippen LogP contribution in [0.4, 0.5) is 0 Å². The maximum Gasteiger partial charge on any atom is 0.141 e. The maximum absolute atomic E-state index is 11.2. The van der Waals surface area contributed by atoms with Crippen molar-refractivity contribution in [3.05, 3.63) is 34.9 Å². The minimum atomic E-state index is 0.357. The smallest absolute Gasteiger partial charge is 0.141 e. The first-order chi connectivity index (χ1) is 6.16. The Morgan fingerprint density at radius 1 is 1.15 bits per heavy atom. The van der Waals surface area contributed by atoms with Crippen LogP contribution in [0.2, 0.25) is 0 Å². The summed E-state index contributed by atoms with van der Waals surface area (Å²) < 4.78 is 0. The van der Waals surface area contributed by atoms with E-state index in [2.05, 4.69) is 32.0 Å². The molecule has 0 saturated heterocycles. The lowest BCUT2D eigenvalue weighted by Crippen LogP contribution is -1.92. The number of ketones is 1. The van der Waals surface area contributed by atoms with Crippen molar-refractivity contribution in [3.63, 3.8) is 0 Å². The van der Waals surface area contributed by atoms with E-state index in [4.69, 9.17) is 0 Å². The lowest BCUT2D eigenvalue weighted by atomic mass is 9.99. The first-order valence-corrected chi connectivity index (χ1v) is 4.80. The Bertz CT molecular complexity index is 350. The van der Waals surface area contributed by atoms with Crippen LogP contribution in [0.5, 0.6) is 0 Å². The molecule has 0 aliphatic heterocycles. The third kappa shape index (κ3) is 1.51. The molecule has 1 aliphatic rings. The van der Waals surface area contributed by atoms with Gasteiger partial charge in [0.05, 0.1) is 0 Å². The van der Waals surface area contributed by atoms with Gasteiger partial charge in [-0.15, -0.1) is 0 Å². The number of benzene rings is 1. The Hall–Kier alpha value is -1.11. The third-order valence-electron chi connectivity index (χ3n) is 2.67. The van der Waals surface area contributed by atoms with Gasteiger partial charge in [-0.2, -0.15) is 0 Å². The fourth-order valence-corrected chi connectivity index (χ4v) is 1.83. The summed E-state index contributed by atoms with van der Waals surface area (Å²) in [6.07, 6.45) is 1.30. The second-order valence-electron chi connectivity index (χ2n) is 4.08. The Morgan fingerprint density at radius 2 is 1.85 bits per heavy atom. The lowest BCUT2D eigenvalue weighted by molar-refractivity contribution is -0.117. The fraction of sp³-hybridized carbons (Fsp3) is 0.417. The Balaban J connectivity index is 2.40. The molecule has 2 rings (SSSR count). The summed E-state index contributed by atoms with van der Waals surface area (Å²) in [5.41, 5.74) is 3.82. The summed E-state index contributed by atoms with van der Waals surface area (Å²) in [5, 5.41) is 0. The molecule has 0 N–H and O–H groups in total. The van der Waals surface area contributed by atoms with Crippen molar-refractivity contribution in [2.24, 2.45) is 0 Å². The first-order valence-electron chi connectivity index (χ1n) is 4.80. The second-order valence-corrected chi connectivity index (χ2v) is 4.08. The number of fused-ring (bicyclic) bond motifs is 1.